The van der Waals surface area contributed by atoms with Crippen LogP contribution in [0.1, 0.15) is 39.0 Å². The van der Waals surface area contributed by atoms with Crippen molar-refractivity contribution < 1.29 is 9.84 Å². The largest absolute Gasteiger partial charge is 0.393 e. The summed E-state index contributed by atoms with van der Waals surface area (Å²) in [6.07, 6.45) is 4.65. The molecule has 2 aliphatic heterocycles. The van der Waals surface area contributed by atoms with Gasteiger partial charge < -0.3 is 9.84 Å². The first-order valence-corrected chi connectivity index (χ1v) is 5.41. The molecule has 0 aromatic rings. The highest BCUT2D eigenvalue weighted by Crippen LogP contribution is 2.50. The summed E-state index contributed by atoms with van der Waals surface area (Å²) in [6, 6.07) is 2.43. The molecule has 2 aliphatic rings. The molecule has 2 bridgehead atoms. The number of hydrogen-bond acceptors (Lipinski definition) is 3. The van der Waals surface area contributed by atoms with E-state index in [0.717, 1.165) is 25.7 Å². The standard InChI is InChI=1S/C11H17NO2/c1-8(13)4-5-11(7-12)6-9-2-3-10(11)14-9/h8-10,13H,2-6H2,1H3. The SMILES string of the molecule is CC(O)CCC1(C#N)CC2CCC1O2. The van der Waals surface area contributed by atoms with Crippen LogP contribution in [0.15, 0.2) is 0 Å². The van der Waals surface area contributed by atoms with Crippen LogP contribution in [0.3, 0.4) is 0 Å². The molecule has 0 spiro atoms. The quantitative estimate of drug-likeness (QED) is 0.744. The monoisotopic (exact) mass is 195 g/mol. The Balaban J connectivity index is 2.01. The molecule has 14 heavy (non-hydrogen) atoms. The third-order valence-corrected chi connectivity index (χ3v) is 3.55. The Morgan fingerprint density at radius 3 is 2.86 bits per heavy atom. The molecule has 0 amide bonds. The number of ether oxygens (including phenoxy) is 1. The van der Waals surface area contributed by atoms with Crippen LogP contribution < -0.4 is 0 Å². The van der Waals surface area contributed by atoms with Crippen molar-refractivity contribution in [2.45, 2.75) is 57.3 Å². The van der Waals surface area contributed by atoms with Crippen molar-refractivity contribution in [1.29, 1.82) is 5.26 Å². The first kappa shape index (κ1) is 9.95. The van der Waals surface area contributed by atoms with Crippen LogP contribution in [0, 0.1) is 16.7 Å². The number of rotatable bonds is 3. The molecule has 3 nitrogen and oxygen atoms in total. The number of fused-ring (bicyclic) bond motifs is 2. The maximum absolute atomic E-state index is 9.24. The first-order chi connectivity index (χ1) is 6.66. The van der Waals surface area contributed by atoms with Crippen molar-refractivity contribution in [2.24, 2.45) is 5.41 Å². The van der Waals surface area contributed by atoms with Gasteiger partial charge in [0.1, 0.15) is 0 Å². The Labute approximate surface area is 84.7 Å². The highest BCUT2D eigenvalue weighted by Gasteiger charge is 2.52. The number of nitriles is 1. The Kier molecular flexibility index (Phi) is 2.50. The lowest BCUT2D eigenvalue weighted by molar-refractivity contribution is 0.0700. The zero-order chi connectivity index (χ0) is 10.2. The van der Waals surface area contributed by atoms with Crippen molar-refractivity contribution in [3.8, 4) is 6.07 Å². The van der Waals surface area contributed by atoms with Gasteiger partial charge in [0, 0.05) is 0 Å². The summed E-state index contributed by atoms with van der Waals surface area (Å²) in [5, 5.41) is 18.5. The van der Waals surface area contributed by atoms with Gasteiger partial charge in [0.2, 0.25) is 0 Å². The van der Waals surface area contributed by atoms with E-state index in [1.54, 1.807) is 6.92 Å². The molecule has 2 fully saturated rings. The van der Waals surface area contributed by atoms with Crippen molar-refractivity contribution in [3.63, 3.8) is 0 Å². The number of aliphatic hydroxyl groups excluding tert-OH is 1. The topological polar surface area (TPSA) is 53.2 Å². The van der Waals surface area contributed by atoms with Gasteiger partial charge in [-0.05, 0) is 39.0 Å². The van der Waals surface area contributed by atoms with E-state index in [4.69, 9.17) is 4.74 Å². The van der Waals surface area contributed by atoms with E-state index in [1.807, 2.05) is 0 Å². The Morgan fingerprint density at radius 1 is 1.64 bits per heavy atom. The van der Waals surface area contributed by atoms with Gasteiger partial charge in [-0.15, -0.1) is 0 Å². The van der Waals surface area contributed by atoms with E-state index < -0.39 is 0 Å². The maximum Gasteiger partial charge on any atom is 0.0860 e. The molecule has 0 aromatic carbocycles. The predicted octanol–water partition coefficient (Wildman–Crippen LogP) is 1.61. The molecule has 0 radical (unpaired) electrons. The highest BCUT2D eigenvalue weighted by atomic mass is 16.5. The smallest absolute Gasteiger partial charge is 0.0860 e. The summed E-state index contributed by atoms with van der Waals surface area (Å²) in [7, 11) is 0. The van der Waals surface area contributed by atoms with Crippen LogP contribution in [-0.2, 0) is 4.74 Å². The number of nitrogens with zero attached hydrogens (tertiary/aromatic N) is 1. The van der Waals surface area contributed by atoms with E-state index in [-0.39, 0.29) is 17.6 Å². The maximum atomic E-state index is 9.24. The van der Waals surface area contributed by atoms with Crippen molar-refractivity contribution in [2.75, 3.05) is 0 Å². The lowest BCUT2D eigenvalue weighted by Gasteiger charge is -2.28. The van der Waals surface area contributed by atoms with Crippen LogP contribution in [-0.4, -0.2) is 23.4 Å². The second kappa shape index (κ2) is 3.52. The molecule has 1 N–H and O–H groups in total. The molecule has 78 valence electrons. The van der Waals surface area contributed by atoms with Crippen LogP contribution in [0.5, 0.6) is 0 Å². The van der Waals surface area contributed by atoms with Gasteiger partial charge in [0.05, 0.1) is 29.8 Å². The zero-order valence-corrected chi connectivity index (χ0v) is 8.57. The third kappa shape index (κ3) is 1.53. The summed E-state index contributed by atoms with van der Waals surface area (Å²) >= 11 is 0. The summed E-state index contributed by atoms with van der Waals surface area (Å²) < 4.78 is 5.71. The second-order valence-corrected chi connectivity index (χ2v) is 4.68. The minimum atomic E-state index is -0.306. The minimum absolute atomic E-state index is 0.135. The summed E-state index contributed by atoms with van der Waals surface area (Å²) in [4.78, 5) is 0. The fourth-order valence-electron chi connectivity index (χ4n) is 2.70. The van der Waals surface area contributed by atoms with Crippen LogP contribution in [0.4, 0.5) is 0 Å². The lowest BCUT2D eigenvalue weighted by Crippen LogP contribution is -2.31. The van der Waals surface area contributed by atoms with E-state index in [0.29, 0.717) is 12.5 Å². The summed E-state index contributed by atoms with van der Waals surface area (Å²) in [5.74, 6) is 0. The molecule has 0 aliphatic carbocycles. The normalized spacial score (nSPS) is 42.4. The molecule has 3 heteroatoms. The number of aliphatic hydroxyl groups is 1. The molecular formula is C11H17NO2. The Bertz CT molecular complexity index is 259. The molecule has 4 unspecified atom stereocenters. The zero-order valence-electron chi connectivity index (χ0n) is 8.57. The molecule has 2 rings (SSSR count). The third-order valence-electron chi connectivity index (χ3n) is 3.55. The summed E-state index contributed by atoms with van der Waals surface area (Å²) in [5.41, 5.74) is -0.292. The Morgan fingerprint density at radius 2 is 2.43 bits per heavy atom. The second-order valence-electron chi connectivity index (χ2n) is 4.68. The molecule has 0 saturated carbocycles. The lowest BCUT2D eigenvalue weighted by atomic mass is 9.72. The fraction of sp³-hybridized carbons (Fsp3) is 0.909. The number of hydrogen-bond donors (Lipinski definition) is 1. The van der Waals surface area contributed by atoms with E-state index in [1.165, 1.54) is 0 Å². The van der Waals surface area contributed by atoms with Gasteiger partial charge in [0.15, 0.2) is 0 Å². The molecular weight excluding hydrogens is 178 g/mol. The van der Waals surface area contributed by atoms with E-state index in [9.17, 15) is 10.4 Å². The van der Waals surface area contributed by atoms with Gasteiger partial charge in [-0.2, -0.15) is 5.26 Å². The Hall–Kier alpha value is -0.590. The highest BCUT2D eigenvalue weighted by molar-refractivity contribution is 5.12. The average Bonchev–Trinajstić information content (AvgIpc) is 2.74. The minimum Gasteiger partial charge on any atom is -0.393 e. The molecule has 2 saturated heterocycles. The average molecular weight is 195 g/mol. The van der Waals surface area contributed by atoms with Gasteiger partial charge in [0.25, 0.3) is 0 Å². The predicted molar refractivity (Wildman–Crippen MR) is 51.5 cm³/mol. The van der Waals surface area contributed by atoms with E-state index >= 15 is 0 Å². The van der Waals surface area contributed by atoms with Gasteiger partial charge in [-0.3, -0.25) is 0 Å². The molecule has 2 heterocycles. The van der Waals surface area contributed by atoms with Crippen molar-refractivity contribution >= 4 is 0 Å². The van der Waals surface area contributed by atoms with Gasteiger partial charge in [-0.1, -0.05) is 0 Å². The van der Waals surface area contributed by atoms with Crippen LogP contribution in [0.25, 0.3) is 0 Å². The first-order valence-electron chi connectivity index (χ1n) is 5.41. The van der Waals surface area contributed by atoms with Crippen molar-refractivity contribution in [3.05, 3.63) is 0 Å². The van der Waals surface area contributed by atoms with Gasteiger partial charge in [-0.25, -0.2) is 0 Å². The van der Waals surface area contributed by atoms with Crippen molar-refractivity contribution in [1.82, 2.24) is 0 Å². The van der Waals surface area contributed by atoms with Gasteiger partial charge >= 0.3 is 0 Å². The fourth-order valence-corrected chi connectivity index (χ4v) is 2.70. The van der Waals surface area contributed by atoms with Crippen LogP contribution >= 0.6 is 0 Å². The molecule has 4 atom stereocenters. The van der Waals surface area contributed by atoms with Crippen LogP contribution in [0.2, 0.25) is 0 Å². The summed E-state index contributed by atoms with van der Waals surface area (Å²) in [6.45, 7) is 1.78. The molecule has 0 aromatic heterocycles. The van der Waals surface area contributed by atoms with E-state index in [2.05, 4.69) is 6.07 Å².